The van der Waals surface area contributed by atoms with Crippen LogP contribution in [0.4, 0.5) is 4.79 Å². The van der Waals surface area contributed by atoms with Gasteiger partial charge in [0.1, 0.15) is 0 Å². The minimum Gasteiger partial charge on any atom is -0.394 e. The molecule has 0 aromatic heterocycles. The lowest BCUT2D eigenvalue weighted by Gasteiger charge is -2.18. The van der Waals surface area contributed by atoms with Gasteiger partial charge in [-0.15, -0.1) is 6.58 Å². The fourth-order valence-electron chi connectivity index (χ4n) is 1.55. The highest BCUT2D eigenvalue weighted by molar-refractivity contribution is 5.74. The van der Waals surface area contributed by atoms with E-state index in [0.717, 1.165) is 5.56 Å². The van der Waals surface area contributed by atoms with E-state index in [9.17, 15) is 9.90 Å². The van der Waals surface area contributed by atoms with Crippen molar-refractivity contribution in [2.45, 2.75) is 25.4 Å². The molecule has 2 atom stereocenters. The highest BCUT2D eigenvalue weighted by Gasteiger charge is 2.12. The van der Waals surface area contributed by atoms with Crippen LogP contribution < -0.4 is 10.6 Å². The van der Waals surface area contributed by atoms with Crippen LogP contribution >= 0.6 is 0 Å². The van der Waals surface area contributed by atoms with Crippen molar-refractivity contribution >= 4 is 6.03 Å². The number of aliphatic hydroxyl groups is 1. The first-order valence-electron chi connectivity index (χ1n) is 6.00. The van der Waals surface area contributed by atoms with Crippen molar-refractivity contribution in [3.63, 3.8) is 0 Å². The molecule has 0 aliphatic carbocycles. The summed E-state index contributed by atoms with van der Waals surface area (Å²) in [7, 11) is 0. The Morgan fingerprint density at radius 2 is 2.06 bits per heavy atom. The van der Waals surface area contributed by atoms with Gasteiger partial charge in [-0.2, -0.15) is 0 Å². The largest absolute Gasteiger partial charge is 0.394 e. The summed E-state index contributed by atoms with van der Waals surface area (Å²) in [5.74, 6) is 0. The van der Waals surface area contributed by atoms with Gasteiger partial charge in [-0.25, -0.2) is 4.79 Å². The Morgan fingerprint density at radius 3 is 2.61 bits per heavy atom. The number of nitrogens with one attached hydrogen (secondary N) is 2. The van der Waals surface area contributed by atoms with Gasteiger partial charge in [0.25, 0.3) is 0 Å². The summed E-state index contributed by atoms with van der Waals surface area (Å²) < 4.78 is 0. The van der Waals surface area contributed by atoms with Crippen molar-refractivity contribution in [2.75, 3.05) is 6.61 Å². The SMILES string of the molecule is C=CC(C)NC(=O)NC(CO)Cc1ccccc1. The predicted octanol–water partition coefficient (Wildman–Crippen LogP) is 1.46. The molecule has 2 amide bonds. The van der Waals surface area contributed by atoms with Gasteiger partial charge >= 0.3 is 6.03 Å². The topological polar surface area (TPSA) is 61.4 Å². The Kier molecular flexibility index (Phi) is 5.94. The first-order chi connectivity index (χ1) is 8.65. The van der Waals surface area contributed by atoms with Crippen LogP contribution in [0.2, 0.25) is 0 Å². The zero-order valence-electron chi connectivity index (χ0n) is 10.6. The zero-order chi connectivity index (χ0) is 13.4. The molecule has 3 N–H and O–H groups in total. The van der Waals surface area contributed by atoms with Gasteiger partial charge in [0, 0.05) is 6.04 Å². The molecule has 0 spiro atoms. The molecule has 0 fully saturated rings. The minimum atomic E-state index is -0.294. The van der Waals surface area contributed by atoms with E-state index in [1.165, 1.54) is 0 Å². The highest BCUT2D eigenvalue weighted by Crippen LogP contribution is 2.02. The van der Waals surface area contributed by atoms with Crippen molar-refractivity contribution in [1.29, 1.82) is 0 Å². The molecule has 0 aliphatic rings. The maximum atomic E-state index is 11.6. The Morgan fingerprint density at radius 1 is 1.39 bits per heavy atom. The van der Waals surface area contributed by atoms with Crippen molar-refractivity contribution in [3.05, 3.63) is 48.6 Å². The van der Waals surface area contributed by atoms with E-state index >= 15 is 0 Å². The summed E-state index contributed by atoms with van der Waals surface area (Å²) in [6.07, 6.45) is 2.25. The van der Waals surface area contributed by atoms with Crippen LogP contribution in [-0.4, -0.2) is 29.8 Å². The zero-order valence-corrected chi connectivity index (χ0v) is 10.6. The lowest BCUT2D eigenvalue weighted by atomic mass is 10.1. The fraction of sp³-hybridized carbons (Fsp3) is 0.357. The number of amides is 2. The molecule has 4 nitrogen and oxygen atoms in total. The molecule has 98 valence electrons. The van der Waals surface area contributed by atoms with Gasteiger partial charge in [-0.05, 0) is 18.9 Å². The number of hydrogen-bond donors (Lipinski definition) is 3. The molecule has 2 unspecified atom stereocenters. The van der Waals surface area contributed by atoms with Crippen LogP contribution in [0.1, 0.15) is 12.5 Å². The second kappa shape index (κ2) is 7.50. The summed E-state index contributed by atoms with van der Waals surface area (Å²) in [6, 6.07) is 9.06. The summed E-state index contributed by atoms with van der Waals surface area (Å²) in [4.78, 5) is 11.6. The highest BCUT2D eigenvalue weighted by atomic mass is 16.3. The van der Waals surface area contributed by atoms with Crippen LogP contribution in [0.25, 0.3) is 0 Å². The molecular formula is C14H20N2O2. The normalized spacial score (nSPS) is 13.4. The van der Waals surface area contributed by atoms with Crippen LogP contribution in [0.15, 0.2) is 43.0 Å². The predicted molar refractivity (Wildman–Crippen MR) is 72.3 cm³/mol. The Labute approximate surface area is 108 Å². The van der Waals surface area contributed by atoms with Crippen molar-refractivity contribution in [1.82, 2.24) is 10.6 Å². The van der Waals surface area contributed by atoms with Crippen molar-refractivity contribution in [2.24, 2.45) is 0 Å². The molecule has 1 rings (SSSR count). The standard InChI is InChI=1S/C14H20N2O2/c1-3-11(2)15-14(18)16-13(10-17)9-12-7-5-4-6-8-12/h3-8,11,13,17H,1,9-10H2,2H3,(H2,15,16,18). The number of benzene rings is 1. The maximum absolute atomic E-state index is 11.6. The van der Waals surface area contributed by atoms with E-state index in [2.05, 4.69) is 17.2 Å². The number of aliphatic hydroxyl groups excluding tert-OH is 1. The van der Waals surface area contributed by atoms with Crippen LogP contribution in [-0.2, 0) is 6.42 Å². The first-order valence-corrected chi connectivity index (χ1v) is 6.00. The number of carbonyl (C=O) groups is 1. The van der Waals surface area contributed by atoms with E-state index in [4.69, 9.17) is 0 Å². The third-order valence-electron chi connectivity index (χ3n) is 2.59. The maximum Gasteiger partial charge on any atom is 0.315 e. The third kappa shape index (κ3) is 5.01. The molecule has 0 aliphatic heterocycles. The minimum absolute atomic E-state index is 0.0925. The van der Waals surface area contributed by atoms with Gasteiger partial charge in [-0.3, -0.25) is 0 Å². The summed E-state index contributed by atoms with van der Waals surface area (Å²) >= 11 is 0. The van der Waals surface area contributed by atoms with Crippen LogP contribution in [0.5, 0.6) is 0 Å². The smallest absolute Gasteiger partial charge is 0.315 e. The number of hydrogen-bond acceptors (Lipinski definition) is 2. The van der Waals surface area contributed by atoms with E-state index in [0.29, 0.717) is 6.42 Å². The van der Waals surface area contributed by atoms with Crippen LogP contribution in [0, 0.1) is 0 Å². The molecule has 1 aromatic carbocycles. The summed E-state index contributed by atoms with van der Waals surface area (Å²) in [6.45, 7) is 5.33. The second-order valence-corrected chi connectivity index (χ2v) is 4.21. The monoisotopic (exact) mass is 248 g/mol. The molecule has 18 heavy (non-hydrogen) atoms. The third-order valence-corrected chi connectivity index (χ3v) is 2.59. The second-order valence-electron chi connectivity index (χ2n) is 4.21. The van der Waals surface area contributed by atoms with Gasteiger partial charge in [-0.1, -0.05) is 36.4 Å². The molecule has 4 heteroatoms. The molecule has 0 saturated heterocycles. The van der Waals surface area contributed by atoms with E-state index in [-0.39, 0.29) is 24.7 Å². The van der Waals surface area contributed by atoms with Gasteiger partial charge < -0.3 is 15.7 Å². The Balaban J connectivity index is 2.47. The average Bonchev–Trinajstić information content (AvgIpc) is 2.38. The molecule has 0 heterocycles. The molecule has 1 aromatic rings. The Hall–Kier alpha value is -1.81. The average molecular weight is 248 g/mol. The lowest BCUT2D eigenvalue weighted by molar-refractivity contribution is 0.215. The molecular weight excluding hydrogens is 228 g/mol. The van der Waals surface area contributed by atoms with Crippen LogP contribution in [0.3, 0.4) is 0 Å². The number of carbonyl (C=O) groups excluding carboxylic acids is 1. The summed E-state index contributed by atoms with van der Waals surface area (Å²) in [5, 5.41) is 14.7. The molecule has 0 bridgehead atoms. The van der Waals surface area contributed by atoms with Gasteiger partial charge in [0.05, 0.1) is 12.6 Å². The summed E-state index contributed by atoms with van der Waals surface area (Å²) in [5.41, 5.74) is 1.08. The van der Waals surface area contributed by atoms with Gasteiger partial charge in [0.2, 0.25) is 0 Å². The van der Waals surface area contributed by atoms with E-state index in [1.807, 2.05) is 37.3 Å². The van der Waals surface area contributed by atoms with E-state index in [1.54, 1.807) is 6.08 Å². The Bertz CT molecular complexity index is 379. The number of urea groups is 1. The fourth-order valence-corrected chi connectivity index (χ4v) is 1.55. The quantitative estimate of drug-likeness (QED) is 0.667. The molecule has 0 saturated carbocycles. The van der Waals surface area contributed by atoms with Crippen molar-refractivity contribution in [3.8, 4) is 0 Å². The first kappa shape index (κ1) is 14.3. The number of rotatable bonds is 6. The van der Waals surface area contributed by atoms with Gasteiger partial charge in [0.15, 0.2) is 0 Å². The molecule has 0 radical (unpaired) electrons. The van der Waals surface area contributed by atoms with E-state index < -0.39 is 0 Å². The lowest BCUT2D eigenvalue weighted by Crippen LogP contribution is -2.47. The van der Waals surface area contributed by atoms with Crippen molar-refractivity contribution < 1.29 is 9.90 Å².